The van der Waals surface area contributed by atoms with Crippen LogP contribution in [0.2, 0.25) is 5.02 Å². The molecule has 1 saturated heterocycles. The summed E-state index contributed by atoms with van der Waals surface area (Å²) in [6.07, 6.45) is 0. The Morgan fingerprint density at radius 2 is 1.68 bits per heavy atom. The third-order valence-corrected chi connectivity index (χ3v) is 6.65. The van der Waals surface area contributed by atoms with Gasteiger partial charge in [0.15, 0.2) is 5.82 Å². The van der Waals surface area contributed by atoms with Gasteiger partial charge in [0.1, 0.15) is 5.82 Å². The van der Waals surface area contributed by atoms with Crippen molar-refractivity contribution in [1.82, 2.24) is 24.5 Å². The Morgan fingerprint density at radius 1 is 0.892 bits per heavy atom. The lowest BCUT2D eigenvalue weighted by molar-refractivity contribution is 0.122. The summed E-state index contributed by atoms with van der Waals surface area (Å²) >= 11 is 6.10. The van der Waals surface area contributed by atoms with Crippen molar-refractivity contribution in [2.75, 3.05) is 36.5 Å². The van der Waals surface area contributed by atoms with E-state index in [1.165, 1.54) is 5.56 Å². The first-order valence-corrected chi connectivity index (χ1v) is 12.6. The quantitative estimate of drug-likeness (QED) is 0.323. The number of morpholine rings is 1. The summed E-state index contributed by atoms with van der Waals surface area (Å²) in [5, 5.41) is 4.05. The summed E-state index contributed by atoms with van der Waals surface area (Å²) in [5.74, 6) is 2.64. The van der Waals surface area contributed by atoms with Crippen molar-refractivity contribution in [2.24, 2.45) is 0 Å². The number of anilines is 3. The van der Waals surface area contributed by atoms with Crippen LogP contribution in [0.15, 0.2) is 72.8 Å². The lowest BCUT2D eigenvalue weighted by Gasteiger charge is -2.27. The maximum Gasteiger partial charge on any atom is 0.232 e. The zero-order valence-electron chi connectivity index (χ0n) is 20.4. The van der Waals surface area contributed by atoms with Gasteiger partial charge in [-0.15, -0.1) is 0 Å². The van der Waals surface area contributed by atoms with Crippen LogP contribution >= 0.6 is 11.6 Å². The Kier molecular flexibility index (Phi) is 6.42. The molecule has 3 aromatic carbocycles. The molecule has 0 amide bonds. The van der Waals surface area contributed by atoms with Gasteiger partial charge < -0.3 is 19.5 Å². The lowest BCUT2D eigenvalue weighted by Crippen LogP contribution is -2.37. The molecule has 6 rings (SSSR count). The third-order valence-electron chi connectivity index (χ3n) is 6.40. The minimum Gasteiger partial charge on any atom is -0.378 e. The largest absolute Gasteiger partial charge is 0.378 e. The predicted molar refractivity (Wildman–Crippen MR) is 147 cm³/mol. The fraction of sp³-hybridized carbons (Fsp3) is 0.214. The molecular weight excluding hydrogens is 486 g/mol. The molecule has 1 aliphatic heterocycles. The van der Waals surface area contributed by atoms with Crippen LogP contribution in [0.3, 0.4) is 0 Å². The molecule has 0 atom stereocenters. The van der Waals surface area contributed by atoms with E-state index in [9.17, 15) is 0 Å². The van der Waals surface area contributed by atoms with Gasteiger partial charge in [0.05, 0.1) is 24.2 Å². The molecule has 186 valence electrons. The maximum atomic E-state index is 6.10. The average molecular weight is 512 g/mol. The Hall–Kier alpha value is -4.01. The van der Waals surface area contributed by atoms with E-state index in [1.54, 1.807) is 0 Å². The Labute approximate surface area is 219 Å². The summed E-state index contributed by atoms with van der Waals surface area (Å²) in [6, 6.07) is 24.1. The number of hydrogen-bond acceptors (Lipinski definition) is 7. The molecule has 0 unspecified atom stereocenters. The van der Waals surface area contributed by atoms with E-state index in [2.05, 4.69) is 45.1 Å². The van der Waals surface area contributed by atoms with E-state index in [1.807, 2.05) is 49.4 Å². The molecule has 0 spiro atoms. The number of nitrogens with one attached hydrogen (secondary N) is 1. The van der Waals surface area contributed by atoms with Crippen LogP contribution in [0.25, 0.3) is 22.4 Å². The van der Waals surface area contributed by atoms with Gasteiger partial charge in [-0.1, -0.05) is 41.9 Å². The van der Waals surface area contributed by atoms with Gasteiger partial charge in [0, 0.05) is 35.9 Å². The monoisotopic (exact) mass is 511 g/mol. The molecule has 5 aromatic rings. The van der Waals surface area contributed by atoms with Crippen LogP contribution in [0.5, 0.6) is 0 Å². The van der Waals surface area contributed by atoms with Crippen LogP contribution in [-0.2, 0) is 11.3 Å². The first kappa shape index (κ1) is 23.4. The van der Waals surface area contributed by atoms with E-state index in [0.29, 0.717) is 36.0 Å². The highest BCUT2D eigenvalue weighted by atomic mass is 35.5. The Morgan fingerprint density at radius 3 is 2.46 bits per heavy atom. The number of ether oxygens (including phenoxy) is 1. The molecule has 8 nitrogen and oxygen atoms in total. The number of imidazole rings is 1. The van der Waals surface area contributed by atoms with Crippen molar-refractivity contribution in [3.05, 3.63) is 89.2 Å². The minimum atomic E-state index is 0.473. The first-order valence-electron chi connectivity index (χ1n) is 12.2. The van der Waals surface area contributed by atoms with Crippen LogP contribution in [0, 0.1) is 6.92 Å². The highest BCUT2D eigenvalue weighted by molar-refractivity contribution is 6.30. The zero-order chi connectivity index (χ0) is 25.2. The standard InChI is InChI=1S/C28H26ClN7O/c1-19-30-24-17-23(11-12-25(24)36(19)18-20-5-3-2-4-6-20)31-27-32-26(21-7-9-22(29)10-8-21)33-28(34-27)35-13-15-37-16-14-35/h2-12,17H,13-16,18H2,1H3,(H,31,32,33,34). The minimum absolute atomic E-state index is 0.473. The summed E-state index contributed by atoms with van der Waals surface area (Å²) in [6.45, 7) is 5.56. The van der Waals surface area contributed by atoms with Crippen molar-refractivity contribution < 1.29 is 4.74 Å². The van der Waals surface area contributed by atoms with Gasteiger partial charge in [-0.25, -0.2) is 4.98 Å². The van der Waals surface area contributed by atoms with Crippen LogP contribution in [0.4, 0.5) is 17.6 Å². The van der Waals surface area contributed by atoms with Gasteiger partial charge in [0.2, 0.25) is 11.9 Å². The van der Waals surface area contributed by atoms with E-state index >= 15 is 0 Å². The van der Waals surface area contributed by atoms with Crippen LogP contribution in [0.1, 0.15) is 11.4 Å². The molecule has 2 aromatic heterocycles. The Bertz CT molecular complexity index is 1530. The SMILES string of the molecule is Cc1nc2cc(Nc3nc(-c4ccc(Cl)cc4)nc(N4CCOCC4)n3)ccc2n1Cc1ccccc1. The highest BCUT2D eigenvalue weighted by Crippen LogP contribution is 2.26. The van der Waals surface area contributed by atoms with Gasteiger partial charge in [-0.05, 0) is 55.0 Å². The molecule has 0 bridgehead atoms. The molecular formula is C28H26ClN7O. The van der Waals surface area contributed by atoms with Gasteiger partial charge in [0.25, 0.3) is 0 Å². The molecule has 1 aliphatic rings. The van der Waals surface area contributed by atoms with Crippen molar-refractivity contribution in [3.8, 4) is 11.4 Å². The predicted octanol–water partition coefficient (Wildman–Crippen LogP) is 5.48. The summed E-state index contributed by atoms with van der Waals surface area (Å²) < 4.78 is 7.74. The van der Waals surface area contributed by atoms with Crippen LogP contribution < -0.4 is 10.2 Å². The first-order chi connectivity index (χ1) is 18.1. The average Bonchev–Trinajstić information content (AvgIpc) is 3.24. The second-order valence-corrected chi connectivity index (χ2v) is 9.38. The van der Waals surface area contributed by atoms with E-state index in [0.717, 1.165) is 47.7 Å². The smallest absolute Gasteiger partial charge is 0.232 e. The van der Waals surface area contributed by atoms with Crippen molar-refractivity contribution in [1.29, 1.82) is 0 Å². The number of benzene rings is 3. The van der Waals surface area contributed by atoms with E-state index in [4.69, 9.17) is 36.3 Å². The molecule has 1 fully saturated rings. The topological polar surface area (TPSA) is 81.0 Å². The van der Waals surface area contributed by atoms with Crippen molar-refractivity contribution >= 4 is 40.2 Å². The summed E-state index contributed by atoms with van der Waals surface area (Å²) in [7, 11) is 0. The number of nitrogens with zero attached hydrogens (tertiary/aromatic N) is 6. The fourth-order valence-electron chi connectivity index (χ4n) is 4.48. The molecule has 0 saturated carbocycles. The normalized spacial score (nSPS) is 13.7. The van der Waals surface area contributed by atoms with Gasteiger partial charge >= 0.3 is 0 Å². The molecule has 0 aliphatic carbocycles. The summed E-state index contributed by atoms with van der Waals surface area (Å²) in [5.41, 5.74) is 4.97. The van der Waals surface area contributed by atoms with E-state index < -0.39 is 0 Å². The molecule has 9 heteroatoms. The number of rotatable bonds is 6. The fourth-order valence-corrected chi connectivity index (χ4v) is 4.60. The molecule has 37 heavy (non-hydrogen) atoms. The number of aryl methyl sites for hydroxylation is 1. The number of fused-ring (bicyclic) bond motifs is 1. The van der Waals surface area contributed by atoms with Crippen LogP contribution in [-0.4, -0.2) is 50.8 Å². The zero-order valence-corrected chi connectivity index (χ0v) is 21.2. The van der Waals surface area contributed by atoms with Gasteiger partial charge in [-0.2, -0.15) is 15.0 Å². The number of hydrogen-bond donors (Lipinski definition) is 1. The maximum absolute atomic E-state index is 6.10. The molecule has 3 heterocycles. The molecule has 0 radical (unpaired) electrons. The third kappa shape index (κ3) is 5.12. The number of aromatic nitrogens is 5. The highest BCUT2D eigenvalue weighted by Gasteiger charge is 2.18. The van der Waals surface area contributed by atoms with Gasteiger partial charge in [-0.3, -0.25) is 0 Å². The second-order valence-electron chi connectivity index (χ2n) is 8.95. The second kappa shape index (κ2) is 10.2. The van der Waals surface area contributed by atoms with E-state index in [-0.39, 0.29) is 0 Å². The molecule has 1 N–H and O–H groups in total. The summed E-state index contributed by atoms with van der Waals surface area (Å²) in [4.78, 5) is 21.1. The Balaban J connectivity index is 1.33. The van der Waals surface area contributed by atoms with Crippen molar-refractivity contribution in [2.45, 2.75) is 13.5 Å². The van der Waals surface area contributed by atoms with Crippen molar-refractivity contribution in [3.63, 3.8) is 0 Å². The lowest BCUT2D eigenvalue weighted by atomic mass is 10.2. The number of halogens is 1.